The Morgan fingerprint density at radius 2 is 2.10 bits per heavy atom. The van der Waals surface area contributed by atoms with Crippen molar-refractivity contribution in [3.05, 3.63) is 35.4 Å². The second-order valence-electron chi connectivity index (χ2n) is 5.13. The Balaban J connectivity index is 2.24. The van der Waals surface area contributed by atoms with E-state index < -0.39 is 11.7 Å². The molecule has 1 aliphatic rings. The van der Waals surface area contributed by atoms with Crippen LogP contribution in [0.3, 0.4) is 0 Å². The highest BCUT2D eigenvalue weighted by Gasteiger charge is 2.32. The lowest BCUT2D eigenvalue weighted by Gasteiger charge is -2.35. The summed E-state index contributed by atoms with van der Waals surface area (Å²) in [7, 11) is 0. The van der Waals surface area contributed by atoms with Crippen LogP contribution in [0.1, 0.15) is 48.5 Å². The van der Waals surface area contributed by atoms with Gasteiger partial charge >= 0.3 is 6.18 Å². The third kappa shape index (κ3) is 3.14. The molecule has 0 aromatic heterocycles. The molecular weight excluding hydrogens is 267 g/mol. The van der Waals surface area contributed by atoms with E-state index in [0.717, 1.165) is 37.8 Å². The van der Waals surface area contributed by atoms with Crippen LogP contribution in [0, 0.1) is 0 Å². The molecule has 0 bridgehead atoms. The van der Waals surface area contributed by atoms with Crippen molar-refractivity contribution >= 4 is 5.91 Å². The van der Waals surface area contributed by atoms with Gasteiger partial charge in [0.15, 0.2) is 0 Å². The maximum atomic E-state index is 12.7. The van der Waals surface area contributed by atoms with Crippen LogP contribution >= 0.6 is 0 Å². The Labute approximate surface area is 116 Å². The van der Waals surface area contributed by atoms with Crippen LogP contribution < -0.4 is 0 Å². The zero-order valence-corrected chi connectivity index (χ0v) is 11.4. The van der Waals surface area contributed by atoms with Gasteiger partial charge in [0.2, 0.25) is 0 Å². The first-order valence-corrected chi connectivity index (χ1v) is 6.91. The largest absolute Gasteiger partial charge is 0.416 e. The molecule has 1 saturated heterocycles. The van der Waals surface area contributed by atoms with E-state index in [-0.39, 0.29) is 17.5 Å². The maximum Gasteiger partial charge on any atom is 0.416 e. The first kappa shape index (κ1) is 14.9. The van der Waals surface area contributed by atoms with Gasteiger partial charge in [-0.3, -0.25) is 4.79 Å². The van der Waals surface area contributed by atoms with Crippen molar-refractivity contribution in [2.24, 2.45) is 0 Å². The molecule has 0 radical (unpaired) electrons. The van der Waals surface area contributed by atoms with Gasteiger partial charge in [0.05, 0.1) is 5.56 Å². The van der Waals surface area contributed by atoms with Crippen molar-refractivity contribution in [1.29, 1.82) is 0 Å². The lowest BCUT2D eigenvalue weighted by atomic mass is 9.98. The van der Waals surface area contributed by atoms with Gasteiger partial charge in [0, 0.05) is 18.2 Å². The van der Waals surface area contributed by atoms with Gasteiger partial charge in [-0.25, -0.2) is 0 Å². The van der Waals surface area contributed by atoms with Gasteiger partial charge in [-0.2, -0.15) is 13.2 Å². The third-order valence-corrected chi connectivity index (χ3v) is 3.80. The van der Waals surface area contributed by atoms with Gasteiger partial charge < -0.3 is 4.90 Å². The zero-order chi connectivity index (χ0) is 14.8. The van der Waals surface area contributed by atoms with Crippen LogP contribution in [-0.2, 0) is 6.18 Å². The minimum atomic E-state index is -4.41. The fraction of sp³-hybridized carbons (Fsp3) is 0.533. The lowest BCUT2D eigenvalue weighted by molar-refractivity contribution is -0.137. The summed E-state index contributed by atoms with van der Waals surface area (Å²) in [6, 6.07) is 4.83. The molecule has 1 unspecified atom stereocenters. The van der Waals surface area contributed by atoms with Crippen molar-refractivity contribution in [3.63, 3.8) is 0 Å². The molecule has 1 aliphatic heterocycles. The molecule has 110 valence electrons. The van der Waals surface area contributed by atoms with Crippen molar-refractivity contribution in [3.8, 4) is 0 Å². The zero-order valence-electron chi connectivity index (χ0n) is 11.4. The summed E-state index contributed by atoms with van der Waals surface area (Å²) < 4.78 is 38.1. The van der Waals surface area contributed by atoms with Crippen LogP contribution in [0.15, 0.2) is 24.3 Å². The molecular formula is C15H18F3NO. The molecule has 1 aromatic carbocycles. The number of benzene rings is 1. The quantitative estimate of drug-likeness (QED) is 0.800. The molecule has 1 aromatic rings. The minimum absolute atomic E-state index is 0.125. The van der Waals surface area contributed by atoms with Gasteiger partial charge in [0.1, 0.15) is 0 Å². The van der Waals surface area contributed by atoms with Gasteiger partial charge in [-0.05, 0) is 43.9 Å². The highest BCUT2D eigenvalue weighted by atomic mass is 19.4. The fourth-order valence-corrected chi connectivity index (χ4v) is 2.69. The molecule has 1 heterocycles. The summed E-state index contributed by atoms with van der Waals surface area (Å²) in [5.41, 5.74) is -0.645. The first-order chi connectivity index (χ1) is 9.43. The van der Waals surface area contributed by atoms with Crippen LogP contribution in [0.4, 0.5) is 13.2 Å². The predicted molar refractivity (Wildman–Crippen MR) is 70.4 cm³/mol. The summed E-state index contributed by atoms with van der Waals surface area (Å²) in [6.45, 7) is 2.63. The Hall–Kier alpha value is -1.52. The number of carbonyl (C=O) groups excluding carboxylic acids is 1. The molecule has 5 heteroatoms. The molecule has 20 heavy (non-hydrogen) atoms. The number of nitrogens with zero attached hydrogens (tertiary/aromatic N) is 1. The Kier molecular flexibility index (Phi) is 4.35. The molecule has 0 aliphatic carbocycles. The molecule has 1 fully saturated rings. The standard InChI is InChI=1S/C15H18F3NO/c1-2-13-8-3-4-9-19(13)14(20)11-6-5-7-12(10-11)15(16,17)18/h5-7,10,13H,2-4,8-9H2,1H3. The topological polar surface area (TPSA) is 20.3 Å². The molecule has 2 nitrogen and oxygen atoms in total. The van der Waals surface area contributed by atoms with E-state index in [1.165, 1.54) is 12.1 Å². The monoisotopic (exact) mass is 285 g/mol. The normalized spacial score (nSPS) is 20.0. The third-order valence-electron chi connectivity index (χ3n) is 3.80. The SMILES string of the molecule is CCC1CCCCN1C(=O)c1cccc(C(F)(F)F)c1. The molecule has 0 N–H and O–H groups in total. The number of amides is 1. The van der Waals surface area contributed by atoms with Crippen LogP contribution in [0.25, 0.3) is 0 Å². The van der Waals surface area contributed by atoms with Gasteiger partial charge in [0.25, 0.3) is 5.91 Å². The summed E-state index contributed by atoms with van der Waals surface area (Å²) in [5.74, 6) is -0.289. The summed E-state index contributed by atoms with van der Waals surface area (Å²) in [4.78, 5) is 14.1. The number of likely N-dealkylation sites (tertiary alicyclic amines) is 1. The fourth-order valence-electron chi connectivity index (χ4n) is 2.69. The molecule has 0 saturated carbocycles. The van der Waals surface area contributed by atoms with Crippen molar-refractivity contribution in [1.82, 2.24) is 4.90 Å². The van der Waals surface area contributed by atoms with E-state index in [1.54, 1.807) is 4.90 Å². The number of carbonyl (C=O) groups is 1. The number of hydrogen-bond donors (Lipinski definition) is 0. The van der Waals surface area contributed by atoms with Gasteiger partial charge in [-0.15, -0.1) is 0 Å². The van der Waals surface area contributed by atoms with Crippen molar-refractivity contribution < 1.29 is 18.0 Å². The van der Waals surface area contributed by atoms with E-state index in [0.29, 0.717) is 6.54 Å². The van der Waals surface area contributed by atoms with Gasteiger partial charge in [-0.1, -0.05) is 13.0 Å². The number of halogens is 3. The number of piperidine rings is 1. The smallest absolute Gasteiger partial charge is 0.336 e. The molecule has 1 amide bonds. The van der Waals surface area contributed by atoms with E-state index in [4.69, 9.17) is 0 Å². The average Bonchev–Trinajstić information content (AvgIpc) is 2.45. The first-order valence-electron chi connectivity index (χ1n) is 6.91. The van der Waals surface area contributed by atoms with Crippen molar-refractivity contribution in [2.75, 3.05) is 6.54 Å². The highest BCUT2D eigenvalue weighted by Crippen LogP contribution is 2.30. The summed E-state index contributed by atoms with van der Waals surface area (Å²) >= 11 is 0. The number of hydrogen-bond acceptors (Lipinski definition) is 1. The molecule has 2 rings (SSSR count). The predicted octanol–water partition coefficient (Wildman–Crippen LogP) is 4.11. The van der Waals surface area contributed by atoms with Crippen molar-refractivity contribution in [2.45, 2.75) is 44.8 Å². The maximum absolute atomic E-state index is 12.7. The Morgan fingerprint density at radius 3 is 2.75 bits per heavy atom. The van der Waals surface area contributed by atoms with E-state index >= 15 is 0 Å². The second kappa shape index (κ2) is 5.85. The lowest BCUT2D eigenvalue weighted by Crippen LogP contribution is -2.43. The van der Waals surface area contributed by atoms with Crippen LogP contribution in [0.2, 0.25) is 0 Å². The Bertz CT molecular complexity index is 484. The Morgan fingerprint density at radius 1 is 1.35 bits per heavy atom. The number of rotatable bonds is 2. The van der Waals surface area contributed by atoms with Crippen LogP contribution in [-0.4, -0.2) is 23.4 Å². The summed E-state index contributed by atoms with van der Waals surface area (Å²) in [5, 5.41) is 0. The minimum Gasteiger partial charge on any atom is -0.336 e. The summed E-state index contributed by atoms with van der Waals surface area (Å²) in [6.07, 6.45) is -0.652. The van der Waals surface area contributed by atoms with E-state index in [2.05, 4.69) is 0 Å². The molecule has 1 atom stereocenters. The average molecular weight is 285 g/mol. The second-order valence-corrected chi connectivity index (χ2v) is 5.13. The van der Waals surface area contributed by atoms with E-state index in [1.807, 2.05) is 6.92 Å². The van der Waals surface area contributed by atoms with Crippen LogP contribution in [0.5, 0.6) is 0 Å². The van der Waals surface area contributed by atoms with E-state index in [9.17, 15) is 18.0 Å². The number of alkyl halides is 3. The highest BCUT2D eigenvalue weighted by molar-refractivity contribution is 5.94. The molecule has 0 spiro atoms.